The van der Waals surface area contributed by atoms with Crippen LogP contribution < -0.4 is 4.74 Å². The van der Waals surface area contributed by atoms with Gasteiger partial charge in [0.1, 0.15) is 5.75 Å². The molecule has 1 atom stereocenters. The van der Waals surface area contributed by atoms with Crippen molar-refractivity contribution in [3.63, 3.8) is 0 Å². The van der Waals surface area contributed by atoms with E-state index in [-0.39, 0.29) is 6.42 Å². The summed E-state index contributed by atoms with van der Waals surface area (Å²) in [6, 6.07) is 6.69. The predicted molar refractivity (Wildman–Crippen MR) is 56.5 cm³/mol. The molecule has 1 rings (SSSR count). The number of hydrogen-bond acceptors (Lipinski definition) is 2. The highest BCUT2D eigenvalue weighted by molar-refractivity contribution is 9.10. The van der Waals surface area contributed by atoms with Crippen molar-refractivity contribution < 1.29 is 16.0 Å². The molecule has 3 nitrogen and oxygen atoms in total. The molecule has 0 aliphatic heterocycles. The topological polar surface area (TPSA) is 46.5 Å². The SMILES string of the molecule is [2H][C@@](CC)(Oc1ccc(Br)cc1)C(=O)O. The molecule has 0 saturated carbocycles. The van der Waals surface area contributed by atoms with E-state index in [4.69, 9.17) is 11.2 Å². The molecule has 14 heavy (non-hydrogen) atoms. The standard InChI is InChI=1S/C10H11BrO3/c1-2-9(10(12)13)14-8-5-3-7(11)4-6-8/h3-6,9H,2H2,1H3,(H,12,13)/t9-/m0/s1/i9D. The largest absolute Gasteiger partial charge is 0.479 e. The Hall–Kier alpha value is -1.03. The Bertz CT molecular complexity index is 352. The molecular weight excluding hydrogens is 248 g/mol. The van der Waals surface area contributed by atoms with E-state index in [1.807, 2.05) is 0 Å². The average molecular weight is 260 g/mol. The molecule has 1 aromatic rings. The van der Waals surface area contributed by atoms with Gasteiger partial charge < -0.3 is 9.84 Å². The van der Waals surface area contributed by atoms with Gasteiger partial charge in [0.2, 0.25) is 0 Å². The molecule has 0 unspecified atom stereocenters. The molecule has 4 heteroatoms. The van der Waals surface area contributed by atoms with E-state index >= 15 is 0 Å². The molecule has 0 saturated heterocycles. The van der Waals surface area contributed by atoms with Crippen LogP contribution in [-0.2, 0) is 4.79 Å². The third-order valence-electron chi connectivity index (χ3n) is 1.61. The molecule has 0 amide bonds. The summed E-state index contributed by atoms with van der Waals surface area (Å²) in [6.45, 7) is 1.60. The first-order valence-corrected chi connectivity index (χ1v) is 4.95. The van der Waals surface area contributed by atoms with Crippen molar-refractivity contribution in [2.45, 2.75) is 19.4 Å². The fourth-order valence-corrected chi connectivity index (χ4v) is 1.18. The Morgan fingerprint density at radius 1 is 1.64 bits per heavy atom. The second-order valence-electron chi connectivity index (χ2n) is 2.64. The maximum atomic E-state index is 10.8. The van der Waals surface area contributed by atoms with E-state index in [2.05, 4.69) is 15.9 Å². The number of ether oxygens (including phenoxy) is 1. The summed E-state index contributed by atoms with van der Waals surface area (Å²) >= 11 is 3.25. The van der Waals surface area contributed by atoms with Crippen LogP contribution in [0.3, 0.4) is 0 Å². The molecule has 0 fully saturated rings. The number of halogens is 1. The van der Waals surface area contributed by atoms with E-state index in [0.29, 0.717) is 5.75 Å². The molecule has 0 spiro atoms. The van der Waals surface area contributed by atoms with Crippen LogP contribution in [0.15, 0.2) is 28.7 Å². The van der Waals surface area contributed by atoms with E-state index in [1.165, 1.54) is 0 Å². The van der Waals surface area contributed by atoms with Gasteiger partial charge in [-0.1, -0.05) is 22.9 Å². The fourth-order valence-electron chi connectivity index (χ4n) is 0.912. The number of benzene rings is 1. The minimum atomic E-state index is -1.91. The number of hydrogen-bond donors (Lipinski definition) is 1. The molecule has 0 aliphatic carbocycles. The number of rotatable bonds is 4. The van der Waals surface area contributed by atoms with Gasteiger partial charge in [-0.3, -0.25) is 0 Å². The van der Waals surface area contributed by atoms with Crippen molar-refractivity contribution in [1.82, 2.24) is 0 Å². The van der Waals surface area contributed by atoms with Crippen LogP contribution in [0, 0.1) is 0 Å². The van der Waals surface area contributed by atoms with Crippen LogP contribution in [0.5, 0.6) is 5.75 Å². The van der Waals surface area contributed by atoms with Crippen molar-refractivity contribution in [3.8, 4) is 5.75 Å². The van der Waals surface area contributed by atoms with Gasteiger partial charge in [0.25, 0.3) is 0 Å². The smallest absolute Gasteiger partial charge is 0.344 e. The Morgan fingerprint density at radius 3 is 2.64 bits per heavy atom. The molecular formula is C10H11BrO3. The van der Waals surface area contributed by atoms with Crippen molar-refractivity contribution in [1.29, 1.82) is 0 Å². The Balaban J connectivity index is 2.84. The average Bonchev–Trinajstić information content (AvgIpc) is 2.21. The number of carbonyl (C=O) groups is 1. The number of carboxylic acids is 1. The van der Waals surface area contributed by atoms with Crippen molar-refractivity contribution in [2.24, 2.45) is 0 Å². The van der Waals surface area contributed by atoms with E-state index < -0.39 is 12.0 Å². The maximum absolute atomic E-state index is 10.8. The molecule has 0 aromatic heterocycles. The molecule has 0 heterocycles. The van der Waals surface area contributed by atoms with E-state index in [0.717, 1.165) is 4.47 Å². The second-order valence-corrected chi connectivity index (χ2v) is 3.55. The highest BCUT2D eigenvalue weighted by atomic mass is 79.9. The lowest BCUT2D eigenvalue weighted by Crippen LogP contribution is -2.25. The van der Waals surface area contributed by atoms with Gasteiger partial charge in [0, 0.05) is 4.47 Å². The van der Waals surface area contributed by atoms with Crippen LogP contribution in [0.25, 0.3) is 0 Å². The number of aliphatic carboxylic acids is 1. The van der Waals surface area contributed by atoms with Crippen LogP contribution in [-0.4, -0.2) is 17.2 Å². The Morgan fingerprint density at radius 2 is 2.21 bits per heavy atom. The molecule has 76 valence electrons. The highest BCUT2D eigenvalue weighted by Gasteiger charge is 2.16. The van der Waals surface area contributed by atoms with Crippen LogP contribution in [0.2, 0.25) is 0 Å². The maximum Gasteiger partial charge on any atom is 0.344 e. The van der Waals surface area contributed by atoms with Gasteiger partial charge in [-0.05, 0) is 30.7 Å². The summed E-state index contributed by atoms with van der Waals surface area (Å²) in [5, 5.41) is 8.83. The summed E-state index contributed by atoms with van der Waals surface area (Å²) < 4.78 is 13.6. The molecule has 1 aromatic carbocycles. The zero-order chi connectivity index (χ0) is 11.5. The summed E-state index contributed by atoms with van der Waals surface area (Å²) in [7, 11) is 0. The number of carboxylic acid groups (broad SMARTS) is 1. The first-order chi connectivity index (χ1) is 6.98. The van der Waals surface area contributed by atoms with E-state index in [9.17, 15) is 4.79 Å². The predicted octanol–water partition coefficient (Wildman–Crippen LogP) is 2.69. The van der Waals surface area contributed by atoms with Gasteiger partial charge in [-0.25, -0.2) is 4.79 Å². The molecule has 1 N–H and O–H groups in total. The van der Waals surface area contributed by atoms with Crippen LogP contribution in [0.1, 0.15) is 14.7 Å². The van der Waals surface area contributed by atoms with Crippen molar-refractivity contribution in [2.75, 3.05) is 0 Å². The minimum Gasteiger partial charge on any atom is -0.479 e. The van der Waals surface area contributed by atoms with E-state index in [1.54, 1.807) is 31.2 Å². The lowest BCUT2D eigenvalue weighted by atomic mass is 10.3. The van der Waals surface area contributed by atoms with Crippen molar-refractivity contribution in [3.05, 3.63) is 28.7 Å². The van der Waals surface area contributed by atoms with Crippen LogP contribution >= 0.6 is 15.9 Å². The highest BCUT2D eigenvalue weighted by Crippen LogP contribution is 2.17. The Kier molecular flexibility index (Phi) is 3.40. The zero-order valence-electron chi connectivity index (χ0n) is 8.66. The van der Waals surface area contributed by atoms with Gasteiger partial charge in [0.05, 0.1) is 1.37 Å². The fraction of sp³-hybridized carbons (Fsp3) is 0.300. The third kappa shape index (κ3) is 3.03. The monoisotopic (exact) mass is 259 g/mol. The molecule has 0 aliphatic rings. The quantitative estimate of drug-likeness (QED) is 0.905. The lowest BCUT2D eigenvalue weighted by molar-refractivity contribution is -0.145. The summed E-state index contributed by atoms with van der Waals surface area (Å²) in [5.41, 5.74) is 0. The van der Waals surface area contributed by atoms with Crippen molar-refractivity contribution >= 4 is 21.9 Å². The summed E-state index contributed by atoms with van der Waals surface area (Å²) in [6.07, 6.45) is -1.83. The summed E-state index contributed by atoms with van der Waals surface area (Å²) in [5.74, 6) is -0.912. The molecule has 0 radical (unpaired) electrons. The molecule has 0 bridgehead atoms. The lowest BCUT2D eigenvalue weighted by Gasteiger charge is -2.12. The van der Waals surface area contributed by atoms with Gasteiger partial charge in [-0.2, -0.15) is 0 Å². The van der Waals surface area contributed by atoms with Gasteiger partial charge >= 0.3 is 5.97 Å². The van der Waals surface area contributed by atoms with Gasteiger partial charge in [-0.15, -0.1) is 0 Å². The zero-order valence-corrected chi connectivity index (χ0v) is 9.24. The first kappa shape index (κ1) is 9.52. The minimum absolute atomic E-state index is 0.0817. The second kappa shape index (κ2) is 5.00. The normalized spacial score (nSPS) is 15.4. The summed E-state index contributed by atoms with van der Waals surface area (Å²) in [4.78, 5) is 10.8. The van der Waals surface area contributed by atoms with Gasteiger partial charge in [0.15, 0.2) is 6.08 Å². The van der Waals surface area contributed by atoms with Crippen LogP contribution in [0.4, 0.5) is 0 Å². The Labute approximate surface area is 92.2 Å². The first-order valence-electron chi connectivity index (χ1n) is 4.66. The third-order valence-corrected chi connectivity index (χ3v) is 2.14.